The molecule has 1 fully saturated rings. The quantitative estimate of drug-likeness (QED) is 0.562. The van der Waals surface area contributed by atoms with Crippen molar-refractivity contribution >= 4 is 17.7 Å². The number of nitrogens with one attached hydrogen (secondary N) is 1. The first-order valence-corrected chi connectivity index (χ1v) is 9.20. The Bertz CT molecular complexity index is 874. The molecule has 0 aliphatic heterocycles. The summed E-state index contributed by atoms with van der Waals surface area (Å²) in [6.45, 7) is 1.46. The Labute approximate surface area is 163 Å². The monoisotopic (exact) mass is 381 g/mol. The van der Waals surface area contributed by atoms with Crippen LogP contribution < -0.4 is 10.1 Å². The molecule has 2 aromatic rings. The summed E-state index contributed by atoms with van der Waals surface area (Å²) >= 11 is 0. The zero-order valence-electron chi connectivity index (χ0n) is 15.9. The van der Waals surface area contributed by atoms with E-state index in [4.69, 9.17) is 9.47 Å². The number of ether oxygens (including phenoxy) is 2. The third-order valence-corrected chi connectivity index (χ3v) is 4.54. The third-order valence-electron chi connectivity index (χ3n) is 4.54. The van der Waals surface area contributed by atoms with Crippen molar-refractivity contribution in [1.82, 2.24) is 5.32 Å². The van der Waals surface area contributed by atoms with Gasteiger partial charge in [0.2, 0.25) is 6.10 Å². The Morgan fingerprint density at radius 1 is 1.11 bits per heavy atom. The Morgan fingerprint density at radius 2 is 1.82 bits per heavy atom. The first-order valence-electron chi connectivity index (χ1n) is 9.20. The summed E-state index contributed by atoms with van der Waals surface area (Å²) in [7, 11) is 1.49. The molecule has 0 spiro atoms. The molecule has 0 unspecified atom stereocenters. The van der Waals surface area contributed by atoms with Gasteiger partial charge in [0.15, 0.2) is 5.78 Å². The molecule has 0 bridgehead atoms. The molecule has 1 atom stereocenters. The van der Waals surface area contributed by atoms with Crippen molar-refractivity contribution < 1.29 is 23.9 Å². The van der Waals surface area contributed by atoms with Gasteiger partial charge in [0.25, 0.3) is 5.91 Å². The van der Waals surface area contributed by atoms with Crippen molar-refractivity contribution in [2.24, 2.45) is 0 Å². The van der Waals surface area contributed by atoms with Crippen LogP contribution in [-0.2, 0) is 20.7 Å². The maximum Gasteiger partial charge on any atom is 0.311 e. The topological polar surface area (TPSA) is 81.7 Å². The van der Waals surface area contributed by atoms with Gasteiger partial charge in [0.05, 0.1) is 13.5 Å². The molecule has 0 heterocycles. The molecule has 1 amide bonds. The molecule has 0 saturated heterocycles. The van der Waals surface area contributed by atoms with E-state index in [1.165, 1.54) is 14.0 Å². The molecule has 3 rings (SSSR count). The number of Topliss-reactive ketones (excluding diaryl/α,β-unsaturated/α-hetero) is 1. The van der Waals surface area contributed by atoms with E-state index in [-0.39, 0.29) is 24.2 Å². The highest BCUT2D eigenvalue weighted by molar-refractivity contribution is 5.94. The molecular weight excluding hydrogens is 358 g/mol. The number of benzene rings is 2. The van der Waals surface area contributed by atoms with Gasteiger partial charge in [-0.3, -0.25) is 14.4 Å². The van der Waals surface area contributed by atoms with Crippen LogP contribution in [0.4, 0.5) is 0 Å². The molecule has 2 aromatic carbocycles. The van der Waals surface area contributed by atoms with Crippen LogP contribution in [0.5, 0.6) is 5.75 Å². The summed E-state index contributed by atoms with van der Waals surface area (Å²) < 4.78 is 10.8. The van der Waals surface area contributed by atoms with E-state index in [2.05, 4.69) is 5.32 Å². The summed E-state index contributed by atoms with van der Waals surface area (Å²) in [5.41, 5.74) is 1.63. The Balaban J connectivity index is 1.77. The highest BCUT2D eigenvalue weighted by atomic mass is 16.5. The fraction of sp³-hybridized carbons (Fsp3) is 0.318. The van der Waals surface area contributed by atoms with Crippen molar-refractivity contribution in [3.63, 3.8) is 0 Å². The molecule has 0 radical (unpaired) electrons. The zero-order chi connectivity index (χ0) is 20.1. The predicted molar refractivity (Wildman–Crippen MR) is 103 cm³/mol. The highest BCUT2D eigenvalue weighted by Gasteiger charge is 2.31. The molecule has 6 nitrogen and oxygen atoms in total. The lowest BCUT2D eigenvalue weighted by molar-refractivity contribution is -0.156. The molecule has 1 N–H and O–H groups in total. The molecule has 1 aliphatic carbocycles. The zero-order valence-corrected chi connectivity index (χ0v) is 15.9. The number of amides is 1. The Morgan fingerprint density at radius 3 is 2.43 bits per heavy atom. The van der Waals surface area contributed by atoms with Gasteiger partial charge < -0.3 is 14.8 Å². The summed E-state index contributed by atoms with van der Waals surface area (Å²) in [5.74, 6) is -0.519. The second kappa shape index (κ2) is 8.69. The van der Waals surface area contributed by atoms with Crippen LogP contribution >= 0.6 is 0 Å². The van der Waals surface area contributed by atoms with E-state index in [0.717, 1.165) is 12.8 Å². The first-order chi connectivity index (χ1) is 13.5. The first kappa shape index (κ1) is 19.6. The minimum Gasteiger partial charge on any atom is -0.496 e. The van der Waals surface area contributed by atoms with Crippen LogP contribution in [0.25, 0.3) is 0 Å². The fourth-order valence-electron chi connectivity index (χ4n) is 2.87. The largest absolute Gasteiger partial charge is 0.496 e. The van der Waals surface area contributed by atoms with Gasteiger partial charge in [-0.1, -0.05) is 30.3 Å². The molecule has 28 heavy (non-hydrogen) atoms. The van der Waals surface area contributed by atoms with Gasteiger partial charge in [-0.25, -0.2) is 0 Å². The normalized spacial score (nSPS) is 14.1. The molecule has 146 valence electrons. The number of esters is 1. The van der Waals surface area contributed by atoms with Gasteiger partial charge >= 0.3 is 5.97 Å². The number of carbonyl (C=O) groups excluding carboxylic acids is 3. The van der Waals surface area contributed by atoms with Crippen molar-refractivity contribution in [3.05, 3.63) is 65.2 Å². The predicted octanol–water partition coefficient (Wildman–Crippen LogP) is 3.00. The average Bonchev–Trinajstić information content (AvgIpc) is 3.50. The number of rotatable bonds is 8. The van der Waals surface area contributed by atoms with Crippen LogP contribution in [0.15, 0.2) is 48.5 Å². The molecule has 1 saturated carbocycles. The molecule has 0 aromatic heterocycles. The Kier molecular flexibility index (Phi) is 6.09. The van der Waals surface area contributed by atoms with Gasteiger partial charge in [0, 0.05) is 22.7 Å². The van der Waals surface area contributed by atoms with E-state index < -0.39 is 12.1 Å². The summed E-state index contributed by atoms with van der Waals surface area (Å²) in [6.07, 6.45) is 0.757. The van der Waals surface area contributed by atoms with Crippen LogP contribution in [-0.4, -0.2) is 30.8 Å². The van der Waals surface area contributed by atoms with E-state index in [9.17, 15) is 14.4 Å². The average molecular weight is 381 g/mol. The van der Waals surface area contributed by atoms with Gasteiger partial charge in [-0.15, -0.1) is 0 Å². The lowest BCUT2D eigenvalue weighted by Gasteiger charge is -2.18. The van der Waals surface area contributed by atoms with E-state index >= 15 is 0 Å². The van der Waals surface area contributed by atoms with Crippen molar-refractivity contribution in [2.75, 3.05) is 7.11 Å². The van der Waals surface area contributed by atoms with Gasteiger partial charge in [0.1, 0.15) is 5.75 Å². The molecule has 6 heteroatoms. The minimum atomic E-state index is -1.02. The van der Waals surface area contributed by atoms with Crippen LogP contribution in [0, 0.1) is 0 Å². The van der Waals surface area contributed by atoms with Gasteiger partial charge in [-0.2, -0.15) is 0 Å². The number of hydrogen-bond donors (Lipinski definition) is 1. The SMILES string of the molecule is COc1ccc(C(C)=O)cc1CC(=O)O[C@@H](C(=O)NC1CC1)c1ccccc1. The maximum atomic E-state index is 12.6. The number of methoxy groups -OCH3 is 1. The summed E-state index contributed by atoms with van der Waals surface area (Å²) in [4.78, 5) is 36.8. The smallest absolute Gasteiger partial charge is 0.311 e. The lowest BCUT2D eigenvalue weighted by atomic mass is 10.0. The van der Waals surface area contributed by atoms with Gasteiger partial charge in [-0.05, 0) is 38.0 Å². The summed E-state index contributed by atoms with van der Waals surface area (Å²) in [5, 5.41) is 2.88. The highest BCUT2D eigenvalue weighted by Crippen LogP contribution is 2.25. The number of carbonyl (C=O) groups is 3. The second-order valence-electron chi connectivity index (χ2n) is 6.82. The van der Waals surface area contributed by atoms with Crippen LogP contribution in [0.2, 0.25) is 0 Å². The molecular formula is C22H23NO5. The number of hydrogen-bond acceptors (Lipinski definition) is 5. The Hall–Kier alpha value is -3.15. The molecule has 1 aliphatic rings. The van der Waals surface area contributed by atoms with Crippen molar-refractivity contribution in [1.29, 1.82) is 0 Å². The van der Waals surface area contributed by atoms with E-state index in [1.54, 1.807) is 42.5 Å². The third kappa shape index (κ3) is 4.97. The van der Waals surface area contributed by atoms with Crippen molar-refractivity contribution in [3.8, 4) is 5.75 Å². The number of ketones is 1. The fourth-order valence-corrected chi connectivity index (χ4v) is 2.87. The maximum absolute atomic E-state index is 12.6. The van der Waals surface area contributed by atoms with Crippen LogP contribution in [0.1, 0.15) is 47.4 Å². The lowest BCUT2D eigenvalue weighted by Crippen LogP contribution is -2.33. The summed E-state index contributed by atoms with van der Waals surface area (Å²) in [6, 6.07) is 14.0. The van der Waals surface area contributed by atoms with Crippen LogP contribution in [0.3, 0.4) is 0 Å². The van der Waals surface area contributed by atoms with E-state index in [1.807, 2.05) is 6.07 Å². The van der Waals surface area contributed by atoms with E-state index in [0.29, 0.717) is 22.4 Å². The minimum absolute atomic E-state index is 0.107. The standard InChI is InChI=1S/C22H23NO5/c1-14(24)16-8-11-19(27-2)17(12-16)13-20(25)28-21(15-6-4-3-5-7-15)22(26)23-18-9-10-18/h3-8,11-12,18,21H,9-10,13H2,1-2H3,(H,23,26)/t21-/m1/s1. The second-order valence-corrected chi connectivity index (χ2v) is 6.82. The van der Waals surface area contributed by atoms with Crippen molar-refractivity contribution in [2.45, 2.75) is 38.3 Å².